The summed E-state index contributed by atoms with van der Waals surface area (Å²) in [5.74, 6) is 0.505. The average molecular weight is 375 g/mol. The van der Waals surface area contributed by atoms with Crippen molar-refractivity contribution in [1.82, 2.24) is 29.9 Å². The normalized spacial score (nSPS) is 10.5. The number of hydrogen-bond donors (Lipinski definition) is 1. The fourth-order valence-corrected chi connectivity index (χ4v) is 2.45. The SMILES string of the molecule is COc1ccc(Cl)cc1C(=O)NCCn1nc(-n2cncn2)ccc1=O. The number of methoxy groups -OCH3 is 1. The zero-order chi connectivity index (χ0) is 18.5. The Morgan fingerprint density at radius 3 is 2.88 bits per heavy atom. The molecule has 0 saturated carbocycles. The summed E-state index contributed by atoms with van der Waals surface area (Å²) in [5.41, 5.74) is 0.0279. The summed E-state index contributed by atoms with van der Waals surface area (Å²) in [4.78, 5) is 28.1. The van der Waals surface area contributed by atoms with Crippen molar-refractivity contribution in [3.8, 4) is 11.6 Å². The van der Waals surface area contributed by atoms with Gasteiger partial charge in [0.25, 0.3) is 11.5 Å². The van der Waals surface area contributed by atoms with E-state index in [1.807, 2.05) is 0 Å². The molecule has 0 aliphatic heterocycles. The molecule has 3 aromatic rings. The number of amides is 1. The van der Waals surface area contributed by atoms with Gasteiger partial charge in [-0.05, 0) is 24.3 Å². The van der Waals surface area contributed by atoms with Gasteiger partial charge in [0.1, 0.15) is 18.4 Å². The first-order valence-corrected chi connectivity index (χ1v) is 8.01. The molecule has 0 atom stereocenters. The number of rotatable bonds is 6. The minimum Gasteiger partial charge on any atom is -0.496 e. The van der Waals surface area contributed by atoms with E-state index in [9.17, 15) is 9.59 Å². The van der Waals surface area contributed by atoms with Crippen molar-refractivity contribution in [2.24, 2.45) is 0 Å². The molecule has 0 spiro atoms. The van der Waals surface area contributed by atoms with Crippen molar-refractivity contribution in [2.75, 3.05) is 13.7 Å². The zero-order valence-electron chi connectivity index (χ0n) is 13.8. The number of ether oxygens (including phenoxy) is 1. The van der Waals surface area contributed by atoms with Gasteiger partial charge in [-0.25, -0.2) is 14.3 Å². The first-order chi connectivity index (χ1) is 12.6. The fourth-order valence-electron chi connectivity index (χ4n) is 2.28. The summed E-state index contributed by atoms with van der Waals surface area (Å²) in [6.07, 6.45) is 2.85. The van der Waals surface area contributed by atoms with E-state index in [0.717, 1.165) is 0 Å². The topological polar surface area (TPSA) is 104 Å². The molecule has 9 nitrogen and oxygen atoms in total. The molecule has 0 unspecified atom stereocenters. The van der Waals surface area contributed by atoms with Gasteiger partial charge in [-0.3, -0.25) is 9.59 Å². The van der Waals surface area contributed by atoms with Crippen LogP contribution in [0.1, 0.15) is 10.4 Å². The molecule has 0 bridgehead atoms. The number of halogens is 1. The quantitative estimate of drug-likeness (QED) is 0.688. The van der Waals surface area contributed by atoms with E-state index in [4.69, 9.17) is 16.3 Å². The van der Waals surface area contributed by atoms with Crippen molar-refractivity contribution in [3.05, 3.63) is 63.9 Å². The van der Waals surface area contributed by atoms with Crippen LogP contribution >= 0.6 is 11.6 Å². The summed E-state index contributed by atoms with van der Waals surface area (Å²) in [5, 5.41) is 11.3. The second kappa shape index (κ2) is 7.79. The highest BCUT2D eigenvalue weighted by molar-refractivity contribution is 6.31. The van der Waals surface area contributed by atoms with Crippen LogP contribution in [0.15, 0.2) is 47.8 Å². The summed E-state index contributed by atoms with van der Waals surface area (Å²) in [6.45, 7) is 0.387. The molecular formula is C16H15ClN6O3. The van der Waals surface area contributed by atoms with Crippen molar-refractivity contribution in [1.29, 1.82) is 0 Å². The molecule has 10 heteroatoms. The predicted octanol–water partition coefficient (Wildman–Crippen LogP) is 0.916. The van der Waals surface area contributed by atoms with Crippen LogP contribution in [-0.2, 0) is 6.54 Å². The molecule has 0 aliphatic carbocycles. The monoisotopic (exact) mass is 374 g/mol. The minimum absolute atomic E-state index is 0.190. The summed E-state index contributed by atoms with van der Waals surface area (Å²) < 4.78 is 7.84. The smallest absolute Gasteiger partial charge is 0.266 e. The standard InChI is InChI=1S/C16H15ClN6O3/c1-26-13-3-2-11(17)8-12(13)16(25)19-6-7-22-15(24)5-4-14(21-22)23-10-18-9-20-23/h2-5,8-10H,6-7H2,1H3,(H,19,25). The van der Waals surface area contributed by atoms with Crippen LogP contribution in [0, 0.1) is 0 Å². The number of benzene rings is 1. The maximum atomic E-state index is 12.3. The summed E-state index contributed by atoms with van der Waals surface area (Å²) >= 11 is 5.93. The Balaban J connectivity index is 1.68. The van der Waals surface area contributed by atoms with E-state index < -0.39 is 0 Å². The van der Waals surface area contributed by atoms with Crippen molar-refractivity contribution < 1.29 is 9.53 Å². The first-order valence-electron chi connectivity index (χ1n) is 7.63. The van der Waals surface area contributed by atoms with Crippen LogP contribution < -0.4 is 15.6 Å². The number of carbonyl (C=O) groups excluding carboxylic acids is 1. The number of nitrogens with zero attached hydrogens (tertiary/aromatic N) is 5. The van der Waals surface area contributed by atoms with E-state index in [0.29, 0.717) is 22.2 Å². The molecule has 1 N–H and O–H groups in total. The van der Waals surface area contributed by atoms with Gasteiger partial charge in [0, 0.05) is 17.6 Å². The highest BCUT2D eigenvalue weighted by Crippen LogP contribution is 2.22. The lowest BCUT2D eigenvalue weighted by Gasteiger charge is -2.10. The van der Waals surface area contributed by atoms with Gasteiger partial charge < -0.3 is 10.1 Å². The third-order valence-electron chi connectivity index (χ3n) is 3.52. The van der Waals surface area contributed by atoms with Crippen molar-refractivity contribution in [3.63, 3.8) is 0 Å². The molecule has 0 aliphatic rings. The molecule has 1 aromatic carbocycles. The Morgan fingerprint density at radius 2 is 2.15 bits per heavy atom. The van der Waals surface area contributed by atoms with Gasteiger partial charge in [-0.15, -0.1) is 5.10 Å². The summed E-state index contributed by atoms with van der Waals surface area (Å²) in [6, 6.07) is 7.70. The molecule has 134 valence electrons. The van der Waals surface area contributed by atoms with Gasteiger partial charge in [-0.2, -0.15) is 5.10 Å². The Kier molecular flexibility index (Phi) is 5.28. The second-order valence-corrected chi connectivity index (χ2v) is 5.63. The van der Waals surface area contributed by atoms with Crippen LogP contribution in [0.25, 0.3) is 5.82 Å². The molecular weight excluding hydrogens is 360 g/mol. The number of aromatic nitrogens is 5. The van der Waals surface area contributed by atoms with E-state index in [2.05, 4.69) is 20.5 Å². The Labute approximate surface area is 153 Å². The lowest BCUT2D eigenvalue weighted by molar-refractivity contribution is 0.0948. The van der Waals surface area contributed by atoms with Crippen molar-refractivity contribution >= 4 is 17.5 Å². The Hall–Kier alpha value is -3.20. The highest BCUT2D eigenvalue weighted by atomic mass is 35.5. The van der Waals surface area contributed by atoms with Crippen LogP contribution in [-0.4, -0.2) is 44.1 Å². The van der Waals surface area contributed by atoms with Gasteiger partial charge in [0.05, 0.1) is 19.2 Å². The van der Waals surface area contributed by atoms with Gasteiger partial charge in [-0.1, -0.05) is 11.6 Å². The first kappa shape index (κ1) is 17.6. The molecule has 1 amide bonds. The molecule has 0 saturated heterocycles. The Bertz CT molecular complexity index is 970. The number of hydrogen-bond acceptors (Lipinski definition) is 6. The molecule has 0 radical (unpaired) electrons. The Morgan fingerprint density at radius 1 is 1.31 bits per heavy atom. The average Bonchev–Trinajstić information content (AvgIpc) is 3.17. The molecule has 3 rings (SSSR count). The van der Waals surface area contributed by atoms with E-state index in [1.54, 1.807) is 18.2 Å². The number of carbonyl (C=O) groups is 1. The van der Waals surface area contributed by atoms with Crippen LogP contribution in [0.3, 0.4) is 0 Å². The van der Waals surface area contributed by atoms with E-state index >= 15 is 0 Å². The van der Waals surface area contributed by atoms with E-state index in [1.165, 1.54) is 41.3 Å². The largest absolute Gasteiger partial charge is 0.496 e. The maximum Gasteiger partial charge on any atom is 0.266 e. The fraction of sp³-hybridized carbons (Fsp3) is 0.188. The van der Waals surface area contributed by atoms with Crippen LogP contribution in [0.5, 0.6) is 5.75 Å². The van der Waals surface area contributed by atoms with Gasteiger partial charge in [0.2, 0.25) is 0 Å². The molecule has 26 heavy (non-hydrogen) atoms. The molecule has 0 fully saturated rings. The minimum atomic E-state index is -0.357. The lowest BCUT2D eigenvalue weighted by Crippen LogP contribution is -2.32. The van der Waals surface area contributed by atoms with Crippen LogP contribution in [0.2, 0.25) is 5.02 Å². The third-order valence-corrected chi connectivity index (χ3v) is 3.76. The van der Waals surface area contributed by atoms with Gasteiger partial charge >= 0.3 is 0 Å². The zero-order valence-corrected chi connectivity index (χ0v) is 14.6. The predicted molar refractivity (Wildman–Crippen MR) is 93.8 cm³/mol. The second-order valence-electron chi connectivity index (χ2n) is 5.19. The highest BCUT2D eigenvalue weighted by Gasteiger charge is 2.12. The molecule has 2 heterocycles. The lowest BCUT2D eigenvalue weighted by atomic mass is 10.2. The maximum absolute atomic E-state index is 12.3. The third kappa shape index (κ3) is 3.89. The van der Waals surface area contributed by atoms with Crippen LogP contribution in [0.4, 0.5) is 0 Å². The number of nitrogens with one attached hydrogen (secondary N) is 1. The van der Waals surface area contributed by atoms with Crippen molar-refractivity contribution in [2.45, 2.75) is 6.54 Å². The summed E-state index contributed by atoms with van der Waals surface area (Å²) in [7, 11) is 1.47. The van der Waals surface area contributed by atoms with E-state index in [-0.39, 0.29) is 24.6 Å². The van der Waals surface area contributed by atoms with Gasteiger partial charge in [0.15, 0.2) is 5.82 Å². The molecule has 2 aromatic heterocycles.